The van der Waals surface area contributed by atoms with Crippen molar-refractivity contribution in [3.05, 3.63) is 89.6 Å². The van der Waals surface area contributed by atoms with Crippen LogP contribution in [0.2, 0.25) is 0 Å². The maximum atomic E-state index is 10.4. The molecule has 0 amide bonds. The number of nitrogens with zero attached hydrogens (tertiary/aromatic N) is 4. The average molecular weight is 630 g/mol. The summed E-state index contributed by atoms with van der Waals surface area (Å²) in [6.07, 6.45) is 1.64. The van der Waals surface area contributed by atoms with E-state index in [1.165, 1.54) is 23.3 Å². The molecule has 0 fully saturated rings. The number of hydrogen-bond donors (Lipinski definition) is 2. The van der Waals surface area contributed by atoms with Gasteiger partial charge >= 0.3 is 27.0 Å². The van der Waals surface area contributed by atoms with Crippen molar-refractivity contribution in [2.24, 2.45) is 0 Å². The number of pyridine rings is 1. The Balaban J connectivity index is 0.000000273. The summed E-state index contributed by atoms with van der Waals surface area (Å²) in [5, 5.41) is 0. The number of halogens is 1. The van der Waals surface area contributed by atoms with Crippen LogP contribution in [-0.2, 0) is 27.4 Å². The molecule has 0 spiro atoms. The fourth-order valence-electron chi connectivity index (χ4n) is 2.68. The predicted octanol–water partition coefficient (Wildman–Crippen LogP) is 4.80. The molecule has 0 saturated heterocycles. The summed E-state index contributed by atoms with van der Waals surface area (Å²) in [5.41, 5.74) is 15.2. The van der Waals surface area contributed by atoms with Crippen LogP contribution in [0.4, 0.5) is 11.9 Å². The fourth-order valence-corrected chi connectivity index (χ4v) is 3.14. The van der Waals surface area contributed by atoms with Crippen LogP contribution < -0.4 is 11.5 Å². The van der Waals surface area contributed by atoms with E-state index in [2.05, 4.69) is 74.7 Å². The molecule has 0 saturated carbocycles. The minimum absolute atomic E-state index is 0.0955. The van der Waals surface area contributed by atoms with Gasteiger partial charge in [0.05, 0.1) is 4.90 Å². The topological polar surface area (TPSA) is 161 Å². The molecular weight excluding hydrogens is 601 g/mol. The van der Waals surface area contributed by atoms with Crippen molar-refractivity contribution in [3.63, 3.8) is 0 Å². The second-order valence-electron chi connectivity index (χ2n) is 7.92. The predicted molar refractivity (Wildman–Crippen MR) is 142 cm³/mol. The van der Waals surface area contributed by atoms with Crippen molar-refractivity contribution in [3.8, 4) is 11.5 Å². The molecule has 4 aromatic rings. The van der Waals surface area contributed by atoms with Crippen LogP contribution in [0.1, 0.15) is 36.5 Å². The van der Waals surface area contributed by atoms with Crippen LogP contribution in [-0.4, -0.2) is 32.9 Å². The minimum atomic E-state index is -4.27. The van der Waals surface area contributed by atoms with Gasteiger partial charge in [0, 0.05) is 6.20 Å². The fraction of sp³-hybridized carbons (Fsp3) is 0.200. The molecule has 198 valence electrons. The van der Waals surface area contributed by atoms with Crippen molar-refractivity contribution in [1.82, 2.24) is 19.9 Å². The Morgan fingerprint density at radius 2 is 1.30 bits per heavy atom. The van der Waals surface area contributed by atoms with Crippen molar-refractivity contribution < 1.29 is 30.3 Å². The third kappa shape index (κ3) is 12.2. The first-order chi connectivity index (χ1) is 17.5. The summed E-state index contributed by atoms with van der Waals surface area (Å²) in [6.45, 7) is 8.36. The van der Waals surface area contributed by atoms with Crippen molar-refractivity contribution in [1.29, 1.82) is 0 Å². The summed E-state index contributed by atoms with van der Waals surface area (Å²) in [5.74, 6) is 1.23. The van der Waals surface area contributed by atoms with Gasteiger partial charge in [0.15, 0.2) is 5.82 Å². The van der Waals surface area contributed by atoms with E-state index in [1.54, 1.807) is 30.5 Å². The second-order valence-corrected chi connectivity index (χ2v) is 9.30. The number of aryl methyl sites for hydroxylation is 2. The van der Waals surface area contributed by atoms with Crippen LogP contribution in [0.25, 0.3) is 11.5 Å². The Morgan fingerprint density at radius 3 is 1.70 bits per heavy atom. The number of nitrogens with two attached hydrogens (primary N) is 2. The molecule has 2 aromatic heterocycles. The molecule has 2 heterocycles. The monoisotopic (exact) mass is 630 g/mol. The van der Waals surface area contributed by atoms with E-state index in [1.807, 2.05) is 30.3 Å². The number of hydrogen-bond acceptors (Lipinski definition) is 9. The van der Waals surface area contributed by atoms with Crippen molar-refractivity contribution in [2.45, 2.75) is 38.5 Å². The van der Waals surface area contributed by atoms with Gasteiger partial charge in [-0.25, -0.2) is 8.42 Å². The Kier molecular flexibility index (Phi) is 13.9. The molecule has 4 rings (SSSR count). The van der Waals surface area contributed by atoms with Crippen LogP contribution in [0.5, 0.6) is 0 Å². The molecule has 12 heteroatoms. The van der Waals surface area contributed by atoms with Crippen LogP contribution in [0.3, 0.4) is 0 Å². The van der Waals surface area contributed by atoms with E-state index in [0.717, 1.165) is 5.56 Å². The number of nitrogen functional groups attached to an aromatic ring is 2. The Bertz CT molecular complexity index is 1300. The van der Waals surface area contributed by atoms with Gasteiger partial charge in [0.2, 0.25) is 11.9 Å². The third-order valence-electron chi connectivity index (χ3n) is 4.62. The van der Waals surface area contributed by atoms with Crippen molar-refractivity contribution >= 4 is 31.7 Å². The molecule has 9 nitrogen and oxygen atoms in total. The Labute approximate surface area is 232 Å². The zero-order valence-corrected chi connectivity index (χ0v) is 24.1. The molecule has 0 aliphatic rings. The Morgan fingerprint density at radius 1 is 0.811 bits per heavy atom. The summed E-state index contributed by atoms with van der Waals surface area (Å²) in [6, 6.07) is 19.9. The normalized spacial score (nSPS) is 10.2. The Hall–Kier alpha value is -2.98. The molecule has 0 aliphatic carbocycles. The van der Waals surface area contributed by atoms with E-state index in [-0.39, 0.29) is 16.8 Å². The van der Waals surface area contributed by atoms with Gasteiger partial charge in [-0.1, -0.05) is 67.4 Å². The summed E-state index contributed by atoms with van der Waals surface area (Å²) in [7, 11) is 0.299. The SMILES string of the molecule is Cc1ccc(C(C)C)cc1.Cc1ccc(S(=O)(=O)[O-])cc1.Nc1nc(N)nc(-c2ccccn2)n1.[Cl][Ru+]. The van der Waals surface area contributed by atoms with E-state index in [0.29, 0.717) is 17.4 Å². The van der Waals surface area contributed by atoms with E-state index in [4.69, 9.17) is 11.5 Å². The van der Waals surface area contributed by atoms with Gasteiger partial charge in [-0.2, -0.15) is 15.0 Å². The van der Waals surface area contributed by atoms with Crippen LogP contribution >= 0.6 is 9.69 Å². The molecule has 0 atom stereocenters. The van der Waals surface area contributed by atoms with Gasteiger partial charge in [-0.15, -0.1) is 0 Å². The standard InChI is InChI=1S/C10H14.C8H8N6.C7H8O3S.ClH.Ru/c1-8(2)10-6-4-9(3)5-7-10;9-7-12-6(13-8(10)14-7)5-3-1-2-4-11-5;1-6-2-4-7(5-3-6)11(8,9)10;;/h4-8H,1-3H3;1-4H,(H4,9,10,12,13,14);2-5H,1H3,(H,8,9,10);1H;/q;;;;+2/p-2. The number of rotatable bonds is 3. The van der Waals surface area contributed by atoms with Crippen molar-refractivity contribution in [2.75, 3.05) is 11.5 Å². The zero-order valence-electron chi connectivity index (χ0n) is 20.8. The van der Waals surface area contributed by atoms with E-state index in [9.17, 15) is 13.0 Å². The average Bonchev–Trinajstić information content (AvgIpc) is 2.86. The summed E-state index contributed by atoms with van der Waals surface area (Å²) < 4.78 is 31.2. The zero-order chi connectivity index (χ0) is 28.0. The first-order valence-corrected chi connectivity index (χ1v) is 14.5. The van der Waals surface area contributed by atoms with Crippen LogP contribution in [0, 0.1) is 13.8 Å². The van der Waals surface area contributed by atoms with Gasteiger partial charge in [0.1, 0.15) is 15.8 Å². The molecule has 0 radical (unpaired) electrons. The van der Waals surface area contributed by atoms with Gasteiger partial charge in [0.25, 0.3) is 0 Å². The molecule has 0 aliphatic heterocycles. The first kappa shape index (κ1) is 32.1. The van der Waals surface area contributed by atoms with Crippen LogP contribution in [0.15, 0.2) is 77.8 Å². The molecule has 37 heavy (non-hydrogen) atoms. The molecule has 2 aromatic carbocycles. The number of benzene rings is 2. The molecule has 0 bridgehead atoms. The van der Waals surface area contributed by atoms with Gasteiger partial charge in [-0.3, -0.25) is 4.98 Å². The van der Waals surface area contributed by atoms with E-state index < -0.39 is 10.1 Å². The number of aromatic nitrogens is 4. The molecular formula is C25H29ClN6O3RuS. The van der Waals surface area contributed by atoms with Gasteiger partial charge in [-0.05, 0) is 49.6 Å². The first-order valence-electron chi connectivity index (χ1n) is 10.9. The summed E-state index contributed by atoms with van der Waals surface area (Å²) >= 11 is 1.82. The maximum absolute atomic E-state index is 10.4. The molecule has 4 N–H and O–H groups in total. The summed E-state index contributed by atoms with van der Waals surface area (Å²) in [4.78, 5) is 15.4. The quantitative estimate of drug-likeness (QED) is 0.239. The number of anilines is 2. The third-order valence-corrected chi connectivity index (χ3v) is 5.47. The van der Waals surface area contributed by atoms with E-state index >= 15 is 0 Å². The molecule has 0 unspecified atom stereocenters. The van der Waals surface area contributed by atoms with Gasteiger partial charge < -0.3 is 16.0 Å². The second kappa shape index (κ2) is 16.0.